The van der Waals surface area contributed by atoms with E-state index in [1.807, 2.05) is 24.3 Å². The van der Waals surface area contributed by atoms with Crippen molar-refractivity contribution in [3.63, 3.8) is 0 Å². The summed E-state index contributed by atoms with van der Waals surface area (Å²) in [6.07, 6.45) is 17.5. The molecule has 35 heavy (non-hydrogen) atoms. The van der Waals surface area contributed by atoms with E-state index in [0.29, 0.717) is 0 Å². The second kappa shape index (κ2) is 12.5. The van der Waals surface area contributed by atoms with Crippen molar-refractivity contribution in [2.75, 3.05) is 14.2 Å². The van der Waals surface area contributed by atoms with Crippen molar-refractivity contribution in [3.05, 3.63) is 69.1 Å². The van der Waals surface area contributed by atoms with Gasteiger partial charge in [0.05, 0.1) is 36.0 Å². The number of nitrogens with one attached hydrogen (secondary N) is 2. The topological polar surface area (TPSA) is 62.4 Å². The molecule has 0 radical (unpaired) electrons. The van der Waals surface area contributed by atoms with E-state index in [0.717, 1.165) is 50.6 Å². The molecule has 0 fully saturated rings. The first-order valence-electron chi connectivity index (χ1n) is 13.1. The first kappa shape index (κ1) is 24.9. The van der Waals surface area contributed by atoms with E-state index in [1.165, 1.54) is 63.5 Å². The van der Waals surface area contributed by atoms with E-state index in [1.54, 1.807) is 14.2 Å². The fourth-order valence-corrected chi connectivity index (χ4v) is 4.66. The third kappa shape index (κ3) is 6.68. The molecule has 1 aliphatic rings. The lowest BCUT2D eigenvalue weighted by molar-refractivity contribution is 0.412. The van der Waals surface area contributed by atoms with Crippen molar-refractivity contribution in [2.45, 2.75) is 71.1 Å². The number of nitrogens with zero attached hydrogens (tertiary/aromatic N) is 1. The number of aromatic nitrogens is 2. The molecule has 0 saturated heterocycles. The highest BCUT2D eigenvalue weighted by Gasteiger charge is 2.07. The van der Waals surface area contributed by atoms with Gasteiger partial charge in [0.2, 0.25) is 0 Å². The smallest absolute Gasteiger partial charge is 0.144 e. The third-order valence-electron chi connectivity index (χ3n) is 6.69. The number of aryl methyl sites for hydroxylation is 1. The van der Waals surface area contributed by atoms with Crippen molar-refractivity contribution >= 4 is 17.8 Å². The number of H-pyrrole nitrogens is 2. The fourth-order valence-electron chi connectivity index (χ4n) is 4.66. The number of rotatable bonds is 13. The molecule has 5 heteroatoms. The van der Waals surface area contributed by atoms with Gasteiger partial charge in [-0.1, -0.05) is 58.3 Å². The number of methoxy groups -OCH3 is 2. The normalized spacial score (nSPS) is 14.5. The molecule has 186 valence electrons. The molecule has 0 amide bonds. The molecule has 2 N–H and O–H groups in total. The highest BCUT2D eigenvalue weighted by Crippen LogP contribution is 2.13. The molecule has 0 bridgehead atoms. The van der Waals surface area contributed by atoms with Crippen molar-refractivity contribution in [1.82, 2.24) is 9.97 Å². The quantitative estimate of drug-likeness (QED) is 0.360. The zero-order valence-corrected chi connectivity index (χ0v) is 21.5. The summed E-state index contributed by atoms with van der Waals surface area (Å²) in [4.78, 5) is 11.8. The van der Waals surface area contributed by atoms with Crippen LogP contribution in [0, 0.1) is 0 Å². The molecule has 0 atom stereocenters. The molecule has 0 spiro atoms. The average Bonchev–Trinajstić information content (AvgIpc) is 3.60. The molecule has 5 nitrogen and oxygen atoms in total. The zero-order chi connectivity index (χ0) is 24.5. The van der Waals surface area contributed by atoms with Gasteiger partial charge >= 0.3 is 0 Å². The molecule has 4 rings (SSSR count). The lowest BCUT2D eigenvalue weighted by Gasteiger charge is -2.01. The monoisotopic (exact) mass is 473 g/mol. The number of ether oxygens (including phenoxy) is 2. The van der Waals surface area contributed by atoms with Crippen molar-refractivity contribution in [1.29, 1.82) is 0 Å². The zero-order valence-electron chi connectivity index (χ0n) is 21.5. The minimum absolute atomic E-state index is 0.805. The lowest BCUT2D eigenvalue weighted by atomic mass is 10.1. The first-order valence-corrected chi connectivity index (χ1v) is 13.1. The lowest BCUT2D eigenvalue weighted by Crippen LogP contribution is -2.20. The summed E-state index contributed by atoms with van der Waals surface area (Å²) in [5, 5.41) is 3.88. The van der Waals surface area contributed by atoms with Crippen molar-refractivity contribution < 1.29 is 9.47 Å². The van der Waals surface area contributed by atoms with Crippen LogP contribution in [0.15, 0.2) is 41.4 Å². The van der Waals surface area contributed by atoms with Crippen molar-refractivity contribution in [3.8, 4) is 11.5 Å². The Morgan fingerprint density at radius 2 is 1.60 bits per heavy atom. The number of fused-ring (bicyclic) bond motifs is 1. The summed E-state index contributed by atoms with van der Waals surface area (Å²) in [6.45, 7) is 2.28. The number of hydrogen-bond donors (Lipinski definition) is 2. The molecule has 0 unspecified atom stereocenters. The van der Waals surface area contributed by atoms with Crippen LogP contribution in [0.3, 0.4) is 0 Å². The summed E-state index contributed by atoms with van der Waals surface area (Å²) in [5.41, 5.74) is 3.26. The minimum Gasteiger partial charge on any atom is -0.497 e. The Morgan fingerprint density at radius 3 is 2.34 bits per heavy atom. The van der Waals surface area contributed by atoms with Gasteiger partial charge < -0.3 is 19.4 Å². The number of hydrogen-bond acceptors (Lipinski definition) is 3. The molecule has 1 aromatic carbocycles. The molecular formula is C30H39N3O2. The largest absolute Gasteiger partial charge is 0.497 e. The van der Waals surface area contributed by atoms with Crippen molar-refractivity contribution in [2.24, 2.45) is 4.99 Å². The molecule has 0 saturated carbocycles. The van der Waals surface area contributed by atoms with Crippen LogP contribution in [0.4, 0.5) is 0 Å². The molecule has 0 aliphatic carbocycles. The van der Waals surface area contributed by atoms with Gasteiger partial charge in [0.15, 0.2) is 0 Å². The summed E-state index contributed by atoms with van der Waals surface area (Å²) >= 11 is 0. The Bertz CT molecular complexity index is 1350. The SMILES string of the molecule is CCCCCCCCCCCc1ccc(/C=c2/[nH]/c(=C3/C=c4cc(OC)ccc4=N3)cc2OC)[nH]1. The Hall–Kier alpha value is -3.21. The van der Waals surface area contributed by atoms with E-state index < -0.39 is 0 Å². The van der Waals surface area contributed by atoms with Crippen LogP contribution in [0.5, 0.6) is 11.5 Å². The Balaban J connectivity index is 1.39. The predicted octanol–water partition coefficient (Wildman–Crippen LogP) is 4.48. The van der Waals surface area contributed by atoms with Crippen LogP contribution in [0.2, 0.25) is 0 Å². The average molecular weight is 474 g/mol. The van der Waals surface area contributed by atoms with Gasteiger partial charge in [-0.15, -0.1) is 0 Å². The molecule has 3 aromatic rings. The highest BCUT2D eigenvalue weighted by atomic mass is 16.5. The van der Waals surface area contributed by atoms with Gasteiger partial charge in [-0.25, -0.2) is 4.99 Å². The summed E-state index contributed by atoms with van der Waals surface area (Å²) in [5.74, 6) is 1.64. The second-order valence-electron chi connectivity index (χ2n) is 9.39. The summed E-state index contributed by atoms with van der Waals surface area (Å²) in [6, 6.07) is 12.3. The second-order valence-corrected chi connectivity index (χ2v) is 9.39. The van der Waals surface area contributed by atoms with Gasteiger partial charge in [0, 0.05) is 22.7 Å². The number of unbranched alkanes of at least 4 members (excludes halogenated alkanes) is 8. The predicted molar refractivity (Wildman–Crippen MR) is 144 cm³/mol. The Morgan fingerprint density at radius 1 is 0.829 bits per heavy atom. The van der Waals surface area contributed by atoms with Crippen LogP contribution in [-0.2, 0) is 6.42 Å². The maximum atomic E-state index is 5.65. The van der Waals surface area contributed by atoms with Gasteiger partial charge in [0.1, 0.15) is 11.5 Å². The molecule has 2 aromatic heterocycles. The van der Waals surface area contributed by atoms with E-state index in [2.05, 4.69) is 41.2 Å². The maximum absolute atomic E-state index is 5.65. The highest BCUT2D eigenvalue weighted by molar-refractivity contribution is 5.77. The van der Waals surface area contributed by atoms with Gasteiger partial charge in [-0.05, 0) is 55.3 Å². The van der Waals surface area contributed by atoms with E-state index in [4.69, 9.17) is 14.5 Å². The van der Waals surface area contributed by atoms with Gasteiger partial charge in [-0.2, -0.15) is 0 Å². The van der Waals surface area contributed by atoms with Crippen LogP contribution >= 0.6 is 0 Å². The minimum atomic E-state index is 0.805. The molecular weight excluding hydrogens is 434 g/mol. The van der Waals surface area contributed by atoms with Gasteiger partial charge in [0.25, 0.3) is 0 Å². The molecule has 1 aliphatic heterocycles. The van der Waals surface area contributed by atoms with E-state index in [9.17, 15) is 0 Å². The van der Waals surface area contributed by atoms with Gasteiger partial charge in [-0.3, -0.25) is 0 Å². The third-order valence-corrected chi connectivity index (χ3v) is 6.69. The first-order chi connectivity index (χ1) is 17.2. The summed E-state index contributed by atoms with van der Waals surface area (Å²) in [7, 11) is 3.38. The van der Waals surface area contributed by atoms with E-state index >= 15 is 0 Å². The standard InChI is InChI=1S/C30H39N3O2/c1-4-5-6-7-8-9-10-11-12-13-23-14-15-24(31-23)20-29-30(35-3)21-28(33-29)27-19-22-18-25(34-2)16-17-26(22)32-27/h14-21,31,33H,4-13H2,1-3H3/b28-27-,29-20+. The maximum Gasteiger partial charge on any atom is 0.144 e. The number of benzene rings is 1. The molecule has 3 heterocycles. The van der Waals surface area contributed by atoms with Crippen LogP contribution in [0.25, 0.3) is 17.8 Å². The Kier molecular flexibility index (Phi) is 8.88. The Labute approximate surface area is 208 Å². The van der Waals surface area contributed by atoms with E-state index in [-0.39, 0.29) is 0 Å². The van der Waals surface area contributed by atoms with Crippen LogP contribution < -0.4 is 30.7 Å². The number of aromatic amines is 2. The fraction of sp³-hybridized carbons (Fsp3) is 0.433. The summed E-state index contributed by atoms with van der Waals surface area (Å²) < 4.78 is 11.0. The van der Waals surface area contributed by atoms with Crippen LogP contribution in [-0.4, -0.2) is 24.2 Å². The van der Waals surface area contributed by atoms with Crippen LogP contribution in [0.1, 0.15) is 76.1 Å².